The predicted molar refractivity (Wildman–Crippen MR) is 65.7 cm³/mol. The monoisotopic (exact) mass is 228 g/mol. The van der Waals surface area contributed by atoms with Gasteiger partial charge in [0.2, 0.25) is 11.4 Å². The van der Waals surface area contributed by atoms with Gasteiger partial charge in [-0.25, -0.2) is 4.98 Å². The first-order valence-corrected chi connectivity index (χ1v) is 5.53. The molecule has 0 aliphatic carbocycles. The molecule has 3 heterocycles. The number of hydrogen-bond acceptors (Lipinski definition) is 4. The lowest BCUT2D eigenvalue weighted by atomic mass is 10.3. The highest BCUT2D eigenvalue weighted by Crippen LogP contribution is 2.24. The Bertz CT molecular complexity index is 671. The third kappa shape index (κ3) is 1.53. The van der Waals surface area contributed by atoms with E-state index in [0.29, 0.717) is 17.2 Å². The molecule has 4 heteroatoms. The maximum Gasteiger partial charge on any atom is 0.249 e. The highest BCUT2D eigenvalue weighted by atomic mass is 16.4. The van der Waals surface area contributed by atoms with E-state index in [0.717, 1.165) is 28.8 Å². The summed E-state index contributed by atoms with van der Waals surface area (Å²) < 4.78 is 11.1. The van der Waals surface area contributed by atoms with Gasteiger partial charge in [-0.15, -0.1) is 0 Å². The minimum atomic E-state index is 0.493. The maximum atomic E-state index is 5.55. The number of aromatic nitrogens is 2. The van der Waals surface area contributed by atoms with Crippen molar-refractivity contribution < 1.29 is 8.83 Å². The average Bonchev–Trinajstić information content (AvgIpc) is 2.87. The van der Waals surface area contributed by atoms with Gasteiger partial charge in [-0.3, -0.25) is 0 Å². The van der Waals surface area contributed by atoms with Crippen LogP contribution in [-0.4, -0.2) is 9.97 Å². The summed E-state index contributed by atoms with van der Waals surface area (Å²) in [4.78, 5) is 8.77. The third-order valence-electron chi connectivity index (χ3n) is 2.65. The standard InChI is InChI=1S/C13H12N2O2/c1-4-8-5-9-12(16-8)15-13-10(14-9)6-11(17-13)7(2)3/h5-6H,2,4H2,1,3H3. The molecule has 0 atom stereocenters. The van der Waals surface area contributed by atoms with Crippen LogP contribution in [0.3, 0.4) is 0 Å². The van der Waals surface area contributed by atoms with Gasteiger partial charge in [0.15, 0.2) is 0 Å². The number of hydrogen-bond donors (Lipinski definition) is 0. The lowest BCUT2D eigenvalue weighted by Crippen LogP contribution is -1.78. The molecule has 4 nitrogen and oxygen atoms in total. The fourth-order valence-electron chi connectivity index (χ4n) is 1.72. The molecule has 0 aliphatic rings. The first kappa shape index (κ1) is 10.1. The fraction of sp³-hybridized carbons (Fsp3) is 0.231. The molecule has 0 fully saturated rings. The summed E-state index contributed by atoms with van der Waals surface area (Å²) in [6, 6.07) is 3.76. The first-order valence-electron chi connectivity index (χ1n) is 5.53. The van der Waals surface area contributed by atoms with Crippen LogP contribution in [0.4, 0.5) is 0 Å². The Hall–Kier alpha value is -2.10. The van der Waals surface area contributed by atoms with Crippen LogP contribution in [0.2, 0.25) is 0 Å². The quantitative estimate of drug-likeness (QED) is 0.672. The van der Waals surface area contributed by atoms with Crippen LogP contribution < -0.4 is 0 Å². The lowest BCUT2D eigenvalue weighted by molar-refractivity contribution is 0.540. The molecule has 86 valence electrons. The summed E-state index contributed by atoms with van der Waals surface area (Å²) in [6.45, 7) is 7.75. The minimum absolute atomic E-state index is 0.493. The van der Waals surface area contributed by atoms with Crippen molar-refractivity contribution in [2.45, 2.75) is 20.3 Å². The minimum Gasteiger partial charge on any atom is -0.441 e. The van der Waals surface area contributed by atoms with E-state index in [1.807, 2.05) is 26.0 Å². The number of aryl methyl sites for hydroxylation is 1. The van der Waals surface area contributed by atoms with Gasteiger partial charge < -0.3 is 8.83 Å². The second-order valence-electron chi connectivity index (χ2n) is 4.06. The molecule has 0 N–H and O–H groups in total. The molecule has 0 saturated carbocycles. The summed E-state index contributed by atoms with van der Waals surface area (Å²) in [5.74, 6) is 1.59. The Morgan fingerprint density at radius 2 is 1.88 bits per heavy atom. The normalized spacial score (nSPS) is 11.4. The average molecular weight is 228 g/mol. The zero-order chi connectivity index (χ0) is 12.0. The molecule has 3 rings (SSSR count). The Kier molecular flexibility index (Phi) is 2.04. The van der Waals surface area contributed by atoms with Gasteiger partial charge in [0.25, 0.3) is 0 Å². The lowest BCUT2D eigenvalue weighted by Gasteiger charge is -1.88. The SMILES string of the molecule is C=C(C)c1cc2nc3cc(CC)oc3nc2o1. The molecule has 17 heavy (non-hydrogen) atoms. The molecule has 0 amide bonds. The van der Waals surface area contributed by atoms with Crippen molar-refractivity contribution in [3.05, 3.63) is 30.2 Å². The molecule has 3 aromatic rings. The molecule has 0 aliphatic heterocycles. The molecule has 0 radical (unpaired) electrons. The second kappa shape index (κ2) is 3.45. The first-order chi connectivity index (χ1) is 8.17. The van der Waals surface area contributed by atoms with Gasteiger partial charge in [0.05, 0.1) is 0 Å². The molecule has 0 saturated heterocycles. The third-order valence-corrected chi connectivity index (χ3v) is 2.65. The van der Waals surface area contributed by atoms with Crippen molar-refractivity contribution in [1.82, 2.24) is 9.97 Å². The molecule has 3 aromatic heterocycles. The number of rotatable bonds is 2. The van der Waals surface area contributed by atoms with E-state index < -0.39 is 0 Å². The number of allylic oxidation sites excluding steroid dienone is 1. The fourth-order valence-corrected chi connectivity index (χ4v) is 1.72. The molecule has 0 unspecified atom stereocenters. The Balaban J connectivity index is 2.28. The van der Waals surface area contributed by atoms with Crippen molar-refractivity contribution >= 4 is 28.0 Å². The van der Waals surface area contributed by atoms with Crippen LogP contribution in [0.1, 0.15) is 25.4 Å². The van der Waals surface area contributed by atoms with Gasteiger partial charge in [0.1, 0.15) is 22.6 Å². The van der Waals surface area contributed by atoms with Crippen LogP contribution >= 0.6 is 0 Å². The van der Waals surface area contributed by atoms with E-state index in [1.165, 1.54) is 0 Å². The Labute approximate surface area is 98.0 Å². The summed E-state index contributed by atoms with van der Waals surface area (Å²) in [7, 11) is 0. The van der Waals surface area contributed by atoms with Crippen LogP contribution in [0, 0.1) is 0 Å². The van der Waals surface area contributed by atoms with Crippen molar-refractivity contribution in [3.8, 4) is 0 Å². The zero-order valence-electron chi connectivity index (χ0n) is 9.78. The highest BCUT2D eigenvalue weighted by Gasteiger charge is 2.11. The van der Waals surface area contributed by atoms with E-state index in [-0.39, 0.29) is 0 Å². The summed E-state index contributed by atoms with van der Waals surface area (Å²) in [5.41, 5.74) is 3.38. The van der Waals surface area contributed by atoms with Crippen molar-refractivity contribution in [3.63, 3.8) is 0 Å². The van der Waals surface area contributed by atoms with E-state index in [9.17, 15) is 0 Å². The molecular weight excluding hydrogens is 216 g/mol. The van der Waals surface area contributed by atoms with E-state index in [4.69, 9.17) is 8.83 Å². The Morgan fingerprint density at radius 1 is 1.18 bits per heavy atom. The van der Waals surface area contributed by atoms with Gasteiger partial charge in [-0.2, -0.15) is 4.98 Å². The topological polar surface area (TPSA) is 52.1 Å². The van der Waals surface area contributed by atoms with Gasteiger partial charge in [-0.1, -0.05) is 13.5 Å². The smallest absolute Gasteiger partial charge is 0.249 e. The summed E-state index contributed by atoms with van der Waals surface area (Å²) >= 11 is 0. The highest BCUT2D eigenvalue weighted by molar-refractivity contribution is 5.83. The zero-order valence-corrected chi connectivity index (χ0v) is 9.78. The largest absolute Gasteiger partial charge is 0.441 e. The Morgan fingerprint density at radius 3 is 2.59 bits per heavy atom. The van der Waals surface area contributed by atoms with Crippen molar-refractivity contribution in [1.29, 1.82) is 0 Å². The van der Waals surface area contributed by atoms with Crippen molar-refractivity contribution in [2.75, 3.05) is 0 Å². The van der Waals surface area contributed by atoms with Gasteiger partial charge in [0, 0.05) is 18.6 Å². The van der Waals surface area contributed by atoms with E-state index in [2.05, 4.69) is 16.5 Å². The summed E-state index contributed by atoms with van der Waals surface area (Å²) in [5, 5.41) is 0. The van der Waals surface area contributed by atoms with Gasteiger partial charge in [-0.05, 0) is 12.5 Å². The number of fused-ring (bicyclic) bond motifs is 2. The second-order valence-corrected chi connectivity index (χ2v) is 4.06. The predicted octanol–water partition coefficient (Wildman–Crippen LogP) is 3.56. The van der Waals surface area contributed by atoms with Crippen molar-refractivity contribution in [2.24, 2.45) is 0 Å². The van der Waals surface area contributed by atoms with E-state index in [1.54, 1.807) is 0 Å². The molecule has 0 aromatic carbocycles. The molecule has 0 bridgehead atoms. The summed E-state index contributed by atoms with van der Waals surface area (Å²) in [6.07, 6.45) is 0.830. The van der Waals surface area contributed by atoms with Crippen LogP contribution in [-0.2, 0) is 6.42 Å². The number of furan rings is 2. The molecular formula is C13H12N2O2. The van der Waals surface area contributed by atoms with Crippen LogP contribution in [0.25, 0.3) is 28.0 Å². The maximum absolute atomic E-state index is 5.55. The van der Waals surface area contributed by atoms with Gasteiger partial charge >= 0.3 is 0 Å². The molecule has 0 spiro atoms. The van der Waals surface area contributed by atoms with E-state index >= 15 is 0 Å². The number of nitrogens with zero attached hydrogens (tertiary/aromatic N) is 2. The van der Waals surface area contributed by atoms with Crippen LogP contribution in [0.15, 0.2) is 27.5 Å². The van der Waals surface area contributed by atoms with Crippen LogP contribution in [0.5, 0.6) is 0 Å².